The highest BCUT2D eigenvalue weighted by molar-refractivity contribution is 5.93. The van der Waals surface area contributed by atoms with Crippen LogP contribution in [0, 0.1) is 13.8 Å². The van der Waals surface area contributed by atoms with Gasteiger partial charge in [-0.25, -0.2) is 44.2 Å². The van der Waals surface area contributed by atoms with Crippen LogP contribution >= 0.6 is 0 Å². The van der Waals surface area contributed by atoms with Gasteiger partial charge in [0.15, 0.2) is 17.5 Å². The van der Waals surface area contributed by atoms with Crippen molar-refractivity contribution in [2.45, 2.75) is 136 Å². The molecule has 1 unspecified atom stereocenters. The molecule has 3 N–H and O–H groups in total. The molecule has 8 aromatic heterocycles. The van der Waals surface area contributed by atoms with Crippen molar-refractivity contribution in [1.82, 2.24) is 80.0 Å². The lowest BCUT2D eigenvalue weighted by Crippen LogP contribution is -2.50. The van der Waals surface area contributed by atoms with E-state index in [1.165, 1.54) is 4.68 Å². The number of carbonyl (C=O) groups excluding carboxylic acids is 2. The number of ether oxygens (including phenoxy) is 3. The molecular formula is C62H64F6N18O7. The Bertz CT molecular complexity index is 4240. The van der Waals surface area contributed by atoms with E-state index in [0.29, 0.717) is 78.3 Å². The van der Waals surface area contributed by atoms with Gasteiger partial charge in [-0.05, 0) is 94.2 Å². The molecule has 31 heteroatoms. The van der Waals surface area contributed by atoms with Crippen LogP contribution in [-0.4, -0.2) is 136 Å². The number of likely N-dealkylation sites (tertiary alicyclic amines) is 2. The first kappa shape index (κ1) is 64.3. The van der Waals surface area contributed by atoms with E-state index in [9.17, 15) is 35.9 Å². The van der Waals surface area contributed by atoms with E-state index in [-0.39, 0.29) is 104 Å². The Morgan fingerprint density at radius 3 is 1.63 bits per heavy atom. The first-order chi connectivity index (χ1) is 44.3. The van der Waals surface area contributed by atoms with Crippen LogP contribution in [0.4, 0.5) is 47.8 Å². The lowest BCUT2D eigenvalue weighted by molar-refractivity contribution is -0.138. The number of fused-ring (bicyclic) bond motifs is 2. The maximum absolute atomic E-state index is 14.5. The Labute approximate surface area is 527 Å². The van der Waals surface area contributed by atoms with Crippen molar-refractivity contribution in [3.05, 3.63) is 131 Å². The quantitative estimate of drug-likeness (QED) is 0.0904. The molecule has 93 heavy (non-hydrogen) atoms. The number of rotatable bonds is 13. The molecule has 0 aliphatic carbocycles. The van der Waals surface area contributed by atoms with Crippen molar-refractivity contribution >= 4 is 46.1 Å². The molecule has 10 aromatic rings. The fraction of sp³-hybridized carbons (Fsp3) is 0.387. The van der Waals surface area contributed by atoms with E-state index in [0.717, 1.165) is 36.4 Å². The van der Waals surface area contributed by atoms with Crippen LogP contribution in [0.3, 0.4) is 0 Å². The van der Waals surface area contributed by atoms with Gasteiger partial charge in [-0.2, -0.15) is 46.5 Å². The number of H-pyrrole nitrogens is 1. The molecule has 5 atom stereocenters. The first-order valence-corrected chi connectivity index (χ1v) is 29.6. The molecule has 2 amide bonds. The second-order valence-corrected chi connectivity index (χ2v) is 22.4. The van der Waals surface area contributed by atoms with Crippen LogP contribution < -0.4 is 10.6 Å². The van der Waals surface area contributed by atoms with Gasteiger partial charge in [-0.3, -0.25) is 5.10 Å². The smallest absolute Gasteiger partial charge is 0.420 e. The summed E-state index contributed by atoms with van der Waals surface area (Å²) in [7, 11) is 0. The number of aryl methyl sites for hydroxylation is 2. The number of pyridine rings is 2. The van der Waals surface area contributed by atoms with Crippen LogP contribution in [0.15, 0.2) is 106 Å². The third-order valence-corrected chi connectivity index (χ3v) is 15.9. The molecule has 11 heterocycles. The summed E-state index contributed by atoms with van der Waals surface area (Å²) < 4.78 is 114. The number of hydrogen-bond acceptors (Lipinski definition) is 21. The highest BCUT2D eigenvalue weighted by Crippen LogP contribution is 2.41. The average molecular weight is 1290 g/mol. The predicted molar refractivity (Wildman–Crippen MR) is 324 cm³/mol. The molecule has 3 aliphatic rings. The highest BCUT2D eigenvalue weighted by Gasteiger charge is 2.40. The molecule has 3 aliphatic heterocycles. The highest BCUT2D eigenvalue weighted by atomic mass is 19.4. The Balaban J connectivity index is 0.000000190. The summed E-state index contributed by atoms with van der Waals surface area (Å²) in [6.45, 7) is 8.41. The number of halogens is 6. The van der Waals surface area contributed by atoms with Crippen molar-refractivity contribution in [2.24, 2.45) is 0 Å². The van der Waals surface area contributed by atoms with Crippen molar-refractivity contribution < 1.29 is 59.2 Å². The molecule has 25 nitrogen and oxygen atoms in total. The Morgan fingerprint density at radius 2 is 1.13 bits per heavy atom. The van der Waals surface area contributed by atoms with E-state index in [4.69, 9.17) is 28.2 Å². The Kier molecular flexibility index (Phi) is 18.9. The summed E-state index contributed by atoms with van der Waals surface area (Å²) in [6.07, 6.45) is -4.57. The first-order valence-electron chi connectivity index (χ1n) is 29.6. The maximum atomic E-state index is 14.5. The minimum absolute atomic E-state index is 0. The zero-order valence-corrected chi connectivity index (χ0v) is 49.9. The molecule has 0 radical (unpaired) electrons. The van der Waals surface area contributed by atoms with Crippen LogP contribution in [0.2, 0.25) is 0 Å². The predicted octanol–water partition coefficient (Wildman–Crippen LogP) is 12.6. The van der Waals surface area contributed by atoms with Crippen molar-refractivity contribution in [2.75, 3.05) is 30.3 Å². The summed E-state index contributed by atoms with van der Waals surface area (Å²) in [6, 6.07) is 24.2. The third-order valence-electron chi connectivity index (χ3n) is 15.9. The van der Waals surface area contributed by atoms with Gasteiger partial charge in [0.25, 0.3) is 0 Å². The monoisotopic (exact) mass is 1290 g/mol. The molecule has 2 aromatic carbocycles. The van der Waals surface area contributed by atoms with Crippen LogP contribution in [-0.2, 0) is 39.8 Å². The van der Waals surface area contributed by atoms with Gasteiger partial charge in [-0.1, -0.05) is 78.4 Å². The number of anilines is 2. The van der Waals surface area contributed by atoms with Crippen molar-refractivity contribution in [3.8, 4) is 45.8 Å². The number of nitrogens with one attached hydrogen (secondary N) is 3. The Morgan fingerprint density at radius 1 is 0.613 bits per heavy atom. The number of alkyl halides is 6. The van der Waals surface area contributed by atoms with Crippen LogP contribution in [0.1, 0.15) is 106 Å². The lowest BCUT2D eigenvalue weighted by atomic mass is 10.00. The van der Waals surface area contributed by atoms with Gasteiger partial charge in [0.05, 0.1) is 5.69 Å². The normalized spacial score (nSPS) is 18.5. The fourth-order valence-electron chi connectivity index (χ4n) is 11.1. The van der Waals surface area contributed by atoms with Gasteiger partial charge in [-0.15, -0.1) is 0 Å². The zero-order chi connectivity index (χ0) is 64.3. The van der Waals surface area contributed by atoms with E-state index in [1.54, 1.807) is 47.9 Å². The topological polar surface area (TPSA) is 294 Å². The molecule has 3 saturated heterocycles. The summed E-state index contributed by atoms with van der Waals surface area (Å²) in [5.74, 6) is 1.11. The summed E-state index contributed by atoms with van der Waals surface area (Å²) in [5.41, 5.74) is 0.0307. The van der Waals surface area contributed by atoms with E-state index in [2.05, 4.69) is 71.1 Å². The number of nitrogens with zero attached hydrogens (tertiary/aromatic N) is 15. The number of piperidine rings is 2. The summed E-state index contributed by atoms with van der Waals surface area (Å²) >= 11 is 0. The fourth-order valence-corrected chi connectivity index (χ4v) is 11.1. The minimum atomic E-state index is -4.78. The number of aromatic amines is 1. The van der Waals surface area contributed by atoms with Crippen molar-refractivity contribution in [3.63, 3.8) is 0 Å². The number of benzene rings is 2. The van der Waals surface area contributed by atoms with Crippen LogP contribution in [0.25, 0.3) is 67.9 Å². The van der Waals surface area contributed by atoms with Gasteiger partial charge < -0.3 is 43.7 Å². The second-order valence-electron chi connectivity index (χ2n) is 22.4. The average Bonchev–Trinajstić information content (AvgIpc) is 1.60. The molecule has 486 valence electrons. The molecule has 13 rings (SSSR count). The van der Waals surface area contributed by atoms with Gasteiger partial charge in [0, 0.05) is 80.9 Å². The lowest BCUT2D eigenvalue weighted by Gasteiger charge is -2.37. The van der Waals surface area contributed by atoms with Crippen molar-refractivity contribution in [1.29, 1.82) is 0 Å². The van der Waals surface area contributed by atoms with E-state index >= 15 is 0 Å². The van der Waals surface area contributed by atoms with Gasteiger partial charge in [0.1, 0.15) is 52.8 Å². The standard InChI is InChI=1S/C33H34F3N9O4.C28H26F3N9O3.CH4/c1-19-11-12-22(17-44(19)32(46)48-18-21-8-4-3-5-9-21)39-31-37-16-24(33(34,35)36)28(41-31)27-23-13-14-25(29-38-20(2)49-43-29)40-30(23)45(42-27)26-10-6-7-15-47-26;1-15-8-9-18(13-40(15)27(41)42-14-17-6-4-3-5-7-17)34-26-32-12-20(28(29,30)31)23(36-26)22-19-10-11-21(35-24(19)38-37-22)25-33-16(2)43-39-25;/h3-5,8-9,13-14,16,19,22,26H,6-7,10-12,15,17-18H2,1-2H3,(H,37,39,41);3-7,10-12,15,18H,8-9,13-14H2,1-2H3,(H,32,34,36)(H,35,37,38);1H4/t19-,22-,26?;15-,18-;/m00./s1. The molecule has 0 bridgehead atoms. The molecule has 3 fully saturated rings. The number of amides is 2. The SMILES string of the molecule is C.Cc1nc(-c2ccc3c(-c4nc(N[C@H]5CC[C@H](C)N(C(=O)OCc6ccccc6)C5)ncc4C(F)(F)F)[nH]nc3n2)no1.Cc1nc(-c2ccc3c(-c4nc(N[C@H]5CC[C@H](C)N(C(=O)OCc6ccccc6)C5)ncc4C(F)(F)F)nn(C4CCCCO4)c3n2)no1. The third kappa shape index (κ3) is 14.6. The zero-order valence-electron chi connectivity index (χ0n) is 49.9. The van der Waals surface area contributed by atoms with Gasteiger partial charge >= 0.3 is 24.5 Å². The maximum Gasteiger partial charge on any atom is 0.420 e. The molecular weight excluding hydrogens is 1220 g/mol. The van der Waals surface area contributed by atoms with Gasteiger partial charge in [0.2, 0.25) is 35.3 Å². The van der Waals surface area contributed by atoms with E-state index < -0.39 is 47.6 Å². The van der Waals surface area contributed by atoms with E-state index in [1.807, 2.05) is 74.5 Å². The number of carbonyl (C=O) groups is 2. The molecule has 0 saturated carbocycles. The summed E-state index contributed by atoms with van der Waals surface area (Å²) in [4.78, 5) is 63.2. The summed E-state index contributed by atoms with van der Waals surface area (Å²) in [5, 5.41) is 26.1. The number of hydrogen-bond donors (Lipinski definition) is 3. The Hall–Kier alpha value is -10.2. The minimum Gasteiger partial charge on any atom is -0.445 e. The largest absolute Gasteiger partial charge is 0.445 e. The van der Waals surface area contributed by atoms with Crippen LogP contribution in [0.5, 0.6) is 0 Å². The molecule has 0 spiro atoms. The second kappa shape index (κ2) is 27.3. The number of aromatic nitrogens is 14.